The van der Waals surface area contributed by atoms with E-state index >= 15 is 0 Å². The van der Waals surface area contributed by atoms with Crippen molar-refractivity contribution in [3.05, 3.63) is 22.3 Å². The molecule has 0 radical (unpaired) electrons. The van der Waals surface area contributed by atoms with Gasteiger partial charge < -0.3 is 10.2 Å². The van der Waals surface area contributed by atoms with Gasteiger partial charge in [0.1, 0.15) is 11.5 Å². The molecule has 0 saturated heterocycles. The lowest BCUT2D eigenvalue weighted by Crippen LogP contribution is -1.94. The zero-order chi connectivity index (χ0) is 16.5. The number of unbranched alkanes of at least 4 members (excludes halogenated alkanes) is 4. The molecule has 0 atom stereocenters. The van der Waals surface area contributed by atoms with Crippen LogP contribution in [0.5, 0.6) is 11.5 Å². The summed E-state index contributed by atoms with van der Waals surface area (Å²) >= 11 is 0. The Morgan fingerprint density at radius 3 is 1.41 bits per heavy atom. The highest BCUT2D eigenvalue weighted by Crippen LogP contribution is 2.35. The zero-order valence-corrected chi connectivity index (χ0v) is 14.1. The molecule has 0 unspecified atom stereocenters. The maximum absolute atomic E-state index is 10.4. The molecule has 0 aromatic heterocycles. The van der Waals surface area contributed by atoms with Gasteiger partial charge in [0.2, 0.25) is 0 Å². The van der Waals surface area contributed by atoms with Crippen molar-refractivity contribution in [1.82, 2.24) is 0 Å². The normalized spacial score (nSPS) is 9.64. The molecular formula is C20H26O2. The fourth-order valence-electron chi connectivity index (χ4n) is 2.04. The van der Waals surface area contributed by atoms with Gasteiger partial charge in [0.25, 0.3) is 0 Å². The number of hydrogen-bond acceptors (Lipinski definition) is 2. The molecule has 1 rings (SSSR count). The first kappa shape index (κ1) is 18.0. The molecular weight excluding hydrogens is 272 g/mol. The Morgan fingerprint density at radius 1 is 0.727 bits per heavy atom. The smallest absolute Gasteiger partial charge is 0.135 e. The summed E-state index contributed by atoms with van der Waals surface area (Å²) in [6, 6.07) is 0. The van der Waals surface area contributed by atoms with Gasteiger partial charge in [-0.05, 0) is 37.8 Å². The number of phenolic OH excluding ortho intramolecular Hbond substituents is 2. The average molecular weight is 298 g/mol. The van der Waals surface area contributed by atoms with Gasteiger partial charge in [0.05, 0.1) is 11.1 Å². The van der Waals surface area contributed by atoms with E-state index in [9.17, 15) is 10.2 Å². The van der Waals surface area contributed by atoms with Crippen LogP contribution in [0.2, 0.25) is 0 Å². The molecule has 0 fully saturated rings. The first-order valence-corrected chi connectivity index (χ1v) is 8.07. The van der Waals surface area contributed by atoms with Crippen LogP contribution in [0.1, 0.15) is 74.6 Å². The predicted octanol–water partition coefficient (Wildman–Crippen LogP) is 4.80. The summed E-state index contributed by atoms with van der Waals surface area (Å²) in [5.74, 6) is 12.4. The molecule has 118 valence electrons. The first-order chi connectivity index (χ1) is 10.5. The second kappa shape index (κ2) is 9.06. The fourth-order valence-corrected chi connectivity index (χ4v) is 2.04. The standard InChI is InChI=1S/C20H26O2/c1-5-7-9-11-13-17-18(14-12-10-8-6-2)20(22)16(4)15(3)19(17)21/h21-22H,5-10H2,1-4H3. The lowest BCUT2D eigenvalue weighted by atomic mass is 9.96. The molecule has 0 saturated carbocycles. The van der Waals surface area contributed by atoms with Crippen molar-refractivity contribution in [3.8, 4) is 35.2 Å². The quantitative estimate of drug-likeness (QED) is 0.476. The fraction of sp³-hybridized carbons (Fsp3) is 0.500. The van der Waals surface area contributed by atoms with Gasteiger partial charge in [-0.2, -0.15) is 0 Å². The summed E-state index contributed by atoms with van der Waals surface area (Å²) in [5.41, 5.74) is 2.24. The van der Waals surface area contributed by atoms with E-state index in [0.29, 0.717) is 22.3 Å². The van der Waals surface area contributed by atoms with Crippen molar-refractivity contribution in [2.75, 3.05) is 0 Å². The lowest BCUT2D eigenvalue weighted by molar-refractivity contribution is 0.450. The number of benzene rings is 1. The molecule has 2 nitrogen and oxygen atoms in total. The van der Waals surface area contributed by atoms with Gasteiger partial charge in [-0.1, -0.05) is 50.4 Å². The van der Waals surface area contributed by atoms with Gasteiger partial charge in [0.15, 0.2) is 0 Å². The number of rotatable bonds is 4. The summed E-state index contributed by atoms with van der Waals surface area (Å²) < 4.78 is 0. The highest BCUT2D eigenvalue weighted by Gasteiger charge is 2.16. The summed E-state index contributed by atoms with van der Waals surface area (Å²) in [7, 11) is 0. The van der Waals surface area contributed by atoms with E-state index in [2.05, 4.69) is 37.5 Å². The van der Waals surface area contributed by atoms with Crippen molar-refractivity contribution in [2.45, 2.75) is 66.2 Å². The van der Waals surface area contributed by atoms with Crippen LogP contribution in [0.25, 0.3) is 0 Å². The van der Waals surface area contributed by atoms with Crippen molar-refractivity contribution in [3.63, 3.8) is 0 Å². The van der Waals surface area contributed by atoms with Crippen LogP contribution < -0.4 is 0 Å². The van der Waals surface area contributed by atoms with Crippen molar-refractivity contribution in [1.29, 1.82) is 0 Å². The van der Waals surface area contributed by atoms with Crippen LogP contribution in [0.15, 0.2) is 0 Å². The third-order valence-electron chi connectivity index (χ3n) is 3.73. The van der Waals surface area contributed by atoms with E-state index in [0.717, 1.165) is 38.5 Å². The summed E-state index contributed by atoms with van der Waals surface area (Å²) in [6.45, 7) is 7.81. The molecule has 0 bridgehead atoms. The van der Waals surface area contributed by atoms with Gasteiger partial charge >= 0.3 is 0 Å². The van der Waals surface area contributed by atoms with E-state index in [1.807, 2.05) is 0 Å². The van der Waals surface area contributed by atoms with Gasteiger partial charge in [0, 0.05) is 12.8 Å². The summed E-state index contributed by atoms with van der Waals surface area (Å²) in [6.07, 6.45) is 5.80. The van der Waals surface area contributed by atoms with Crippen LogP contribution in [0.4, 0.5) is 0 Å². The number of hydrogen-bond donors (Lipinski definition) is 2. The largest absolute Gasteiger partial charge is 0.506 e. The summed E-state index contributed by atoms with van der Waals surface area (Å²) in [4.78, 5) is 0. The Morgan fingerprint density at radius 2 is 1.09 bits per heavy atom. The Balaban J connectivity index is 3.29. The monoisotopic (exact) mass is 298 g/mol. The SMILES string of the molecule is CCCCC#Cc1c(O)c(C)c(C)c(O)c1C#CCCCC. The van der Waals surface area contributed by atoms with Gasteiger partial charge in [-0.15, -0.1) is 0 Å². The lowest BCUT2D eigenvalue weighted by Gasteiger charge is -2.11. The minimum atomic E-state index is 0.138. The second-order valence-corrected chi connectivity index (χ2v) is 5.51. The Kier molecular flexibility index (Phi) is 7.41. The van der Waals surface area contributed by atoms with E-state index in [-0.39, 0.29) is 11.5 Å². The molecule has 0 aliphatic carbocycles. The topological polar surface area (TPSA) is 40.5 Å². The second-order valence-electron chi connectivity index (χ2n) is 5.51. The number of aromatic hydroxyl groups is 2. The maximum Gasteiger partial charge on any atom is 0.135 e. The minimum Gasteiger partial charge on any atom is -0.506 e. The van der Waals surface area contributed by atoms with Crippen LogP contribution in [0, 0.1) is 37.5 Å². The van der Waals surface area contributed by atoms with Crippen molar-refractivity contribution in [2.24, 2.45) is 0 Å². The van der Waals surface area contributed by atoms with Gasteiger partial charge in [-0.3, -0.25) is 0 Å². The maximum atomic E-state index is 10.4. The molecule has 0 heterocycles. The Labute approximate surface area is 134 Å². The van der Waals surface area contributed by atoms with Crippen LogP contribution >= 0.6 is 0 Å². The first-order valence-electron chi connectivity index (χ1n) is 8.07. The third kappa shape index (κ3) is 4.47. The molecule has 0 aliphatic rings. The predicted molar refractivity (Wildman–Crippen MR) is 92.1 cm³/mol. The molecule has 0 amide bonds. The molecule has 2 N–H and O–H groups in total. The van der Waals surface area contributed by atoms with E-state index in [1.165, 1.54) is 0 Å². The minimum absolute atomic E-state index is 0.138. The summed E-state index contributed by atoms with van der Waals surface area (Å²) in [5, 5.41) is 20.7. The van der Waals surface area contributed by atoms with Gasteiger partial charge in [-0.25, -0.2) is 0 Å². The van der Waals surface area contributed by atoms with Crippen molar-refractivity contribution < 1.29 is 10.2 Å². The molecule has 0 aliphatic heterocycles. The van der Waals surface area contributed by atoms with Crippen LogP contribution in [0.3, 0.4) is 0 Å². The van der Waals surface area contributed by atoms with E-state index in [1.54, 1.807) is 13.8 Å². The van der Waals surface area contributed by atoms with Crippen LogP contribution in [-0.2, 0) is 0 Å². The van der Waals surface area contributed by atoms with E-state index in [4.69, 9.17) is 0 Å². The van der Waals surface area contributed by atoms with Crippen LogP contribution in [-0.4, -0.2) is 10.2 Å². The molecule has 1 aromatic rings. The zero-order valence-electron chi connectivity index (χ0n) is 14.1. The average Bonchev–Trinajstić information content (AvgIpc) is 2.52. The number of phenols is 2. The van der Waals surface area contributed by atoms with Crippen molar-refractivity contribution >= 4 is 0 Å². The highest BCUT2D eigenvalue weighted by molar-refractivity contribution is 5.68. The molecule has 1 aromatic carbocycles. The Hall–Kier alpha value is -2.06. The highest BCUT2D eigenvalue weighted by atomic mass is 16.3. The molecule has 2 heteroatoms. The Bertz CT molecular complexity index is 577. The van der Waals surface area contributed by atoms with E-state index < -0.39 is 0 Å². The third-order valence-corrected chi connectivity index (χ3v) is 3.73. The molecule has 22 heavy (non-hydrogen) atoms. The molecule has 0 spiro atoms.